The SMILES string of the molecule is CN(C)/C=N\c1cnc(C(F)(F)F)c(-c2ccccc2)n1. The molecule has 21 heavy (non-hydrogen) atoms. The number of hydrogen-bond donors (Lipinski definition) is 0. The molecule has 1 aromatic carbocycles. The molecule has 0 aliphatic rings. The van der Waals surface area contributed by atoms with Gasteiger partial charge in [-0.2, -0.15) is 13.2 Å². The predicted molar refractivity (Wildman–Crippen MR) is 74.3 cm³/mol. The van der Waals surface area contributed by atoms with Crippen LogP contribution in [0.1, 0.15) is 5.69 Å². The number of rotatable bonds is 3. The first-order valence-corrected chi connectivity index (χ1v) is 6.08. The van der Waals surface area contributed by atoms with Gasteiger partial charge in [0.15, 0.2) is 11.5 Å². The summed E-state index contributed by atoms with van der Waals surface area (Å²) >= 11 is 0. The van der Waals surface area contributed by atoms with Crippen LogP contribution < -0.4 is 0 Å². The molecule has 0 atom stereocenters. The van der Waals surface area contributed by atoms with Crippen molar-refractivity contribution in [2.45, 2.75) is 6.18 Å². The fourth-order valence-corrected chi connectivity index (χ4v) is 1.62. The maximum atomic E-state index is 13.0. The normalized spacial score (nSPS) is 11.9. The lowest BCUT2D eigenvalue weighted by molar-refractivity contribution is -0.140. The van der Waals surface area contributed by atoms with E-state index in [1.54, 1.807) is 49.3 Å². The zero-order chi connectivity index (χ0) is 15.5. The molecule has 1 aromatic heterocycles. The van der Waals surface area contributed by atoms with Gasteiger partial charge in [-0.15, -0.1) is 0 Å². The van der Waals surface area contributed by atoms with Gasteiger partial charge in [0.25, 0.3) is 0 Å². The maximum absolute atomic E-state index is 13.0. The molecule has 0 saturated heterocycles. The lowest BCUT2D eigenvalue weighted by atomic mass is 10.1. The Hall–Kier alpha value is -2.44. The minimum absolute atomic E-state index is 0.121. The van der Waals surface area contributed by atoms with E-state index >= 15 is 0 Å². The van der Waals surface area contributed by atoms with E-state index < -0.39 is 11.9 Å². The van der Waals surface area contributed by atoms with Crippen molar-refractivity contribution in [1.29, 1.82) is 0 Å². The highest BCUT2D eigenvalue weighted by Gasteiger charge is 2.36. The Kier molecular flexibility index (Phi) is 4.21. The van der Waals surface area contributed by atoms with E-state index in [0.717, 1.165) is 6.20 Å². The van der Waals surface area contributed by atoms with E-state index in [1.807, 2.05) is 0 Å². The monoisotopic (exact) mass is 294 g/mol. The van der Waals surface area contributed by atoms with Crippen LogP contribution in [0.2, 0.25) is 0 Å². The summed E-state index contributed by atoms with van der Waals surface area (Å²) in [6.45, 7) is 0. The second kappa shape index (κ2) is 5.90. The number of benzene rings is 1. The molecular formula is C14H13F3N4. The molecule has 2 rings (SSSR count). The van der Waals surface area contributed by atoms with Gasteiger partial charge in [0, 0.05) is 19.7 Å². The average molecular weight is 294 g/mol. The smallest absolute Gasteiger partial charge is 0.369 e. The number of halogens is 3. The quantitative estimate of drug-likeness (QED) is 0.643. The Labute approximate surface area is 120 Å². The molecule has 0 saturated carbocycles. The first-order chi connectivity index (χ1) is 9.88. The zero-order valence-electron chi connectivity index (χ0n) is 11.5. The van der Waals surface area contributed by atoms with Crippen LogP contribution in [0.4, 0.5) is 19.0 Å². The summed E-state index contributed by atoms with van der Waals surface area (Å²) in [6, 6.07) is 8.12. The van der Waals surface area contributed by atoms with Crippen molar-refractivity contribution in [2.24, 2.45) is 4.99 Å². The van der Waals surface area contributed by atoms with Gasteiger partial charge in [-0.05, 0) is 0 Å². The molecule has 0 aliphatic heterocycles. The summed E-state index contributed by atoms with van der Waals surface area (Å²) in [5.74, 6) is 0.121. The van der Waals surface area contributed by atoms with Crippen LogP contribution in [0, 0.1) is 0 Å². The lowest BCUT2D eigenvalue weighted by Gasteiger charge is -2.11. The molecule has 0 fully saturated rings. The van der Waals surface area contributed by atoms with Crippen LogP contribution in [0.3, 0.4) is 0 Å². The molecule has 7 heteroatoms. The van der Waals surface area contributed by atoms with Gasteiger partial charge < -0.3 is 4.90 Å². The summed E-state index contributed by atoms with van der Waals surface area (Å²) in [4.78, 5) is 13.1. The van der Waals surface area contributed by atoms with Crippen molar-refractivity contribution in [1.82, 2.24) is 14.9 Å². The molecule has 110 valence electrons. The van der Waals surface area contributed by atoms with Gasteiger partial charge in [-0.3, -0.25) is 0 Å². The molecule has 2 aromatic rings. The second-order valence-electron chi connectivity index (χ2n) is 4.50. The van der Waals surface area contributed by atoms with Gasteiger partial charge >= 0.3 is 6.18 Å². The summed E-state index contributed by atoms with van der Waals surface area (Å²) < 4.78 is 39.1. The van der Waals surface area contributed by atoms with Crippen molar-refractivity contribution in [3.05, 3.63) is 42.2 Å². The third kappa shape index (κ3) is 3.77. The van der Waals surface area contributed by atoms with Crippen molar-refractivity contribution < 1.29 is 13.2 Å². The van der Waals surface area contributed by atoms with Gasteiger partial charge in [-0.1, -0.05) is 30.3 Å². The number of alkyl halides is 3. The van der Waals surface area contributed by atoms with Crippen molar-refractivity contribution in [3.8, 4) is 11.3 Å². The molecule has 1 heterocycles. The fourth-order valence-electron chi connectivity index (χ4n) is 1.62. The third-order valence-corrected chi connectivity index (χ3v) is 2.50. The van der Waals surface area contributed by atoms with Crippen molar-refractivity contribution >= 4 is 12.2 Å². The molecule has 0 amide bonds. The Morgan fingerprint density at radius 2 is 1.81 bits per heavy atom. The average Bonchev–Trinajstić information content (AvgIpc) is 2.44. The molecule has 0 spiro atoms. The topological polar surface area (TPSA) is 41.4 Å². The molecule has 4 nitrogen and oxygen atoms in total. The van der Waals surface area contributed by atoms with Gasteiger partial charge in [0.1, 0.15) is 5.69 Å². The van der Waals surface area contributed by atoms with E-state index in [0.29, 0.717) is 5.56 Å². The maximum Gasteiger partial charge on any atom is 0.435 e. The zero-order valence-corrected chi connectivity index (χ0v) is 11.5. The molecule has 0 N–H and O–H groups in total. The number of aromatic nitrogens is 2. The molecule has 0 aliphatic carbocycles. The first kappa shape index (κ1) is 15.0. The van der Waals surface area contributed by atoms with Crippen LogP contribution in [-0.4, -0.2) is 35.3 Å². The van der Waals surface area contributed by atoms with Crippen LogP contribution in [0.5, 0.6) is 0 Å². The van der Waals surface area contributed by atoms with Gasteiger partial charge in [0.05, 0.1) is 12.5 Å². The van der Waals surface area contributed by atoms with Crippen molar-refractivity contribution in [3.63, 3.8) is 0 Å². The molecule has 0 unspecified atom stereocenters. The van der Waals surface area contributed by atoms with E-state index in [2.05, 4.69) is 15.0 Å². The van der Waals surface area contributed by atoms with Gasteiger partial charge in [0.2, 0.25) is 0 Å². The standard InChI is InChI=1S/C14H13F3N4/c1-21(2)9-19-11-8-18-13(14(15,16)17)12(20-11)10-6-4-3-5-7-10/h3-9H,1-2H3/b19-9-. The number of nitrogens with zero attached hydrogens (tertiary/aromatic N) is 4. The summed E-state index contributed by atoms with van der Waals surface area (Å²) in [5.41, 5.74) is -0.895. The second-order valence-corrected chi connectivity index (χ2v) is 4.50. The Balaban J connectivity index is 2.55. The largest absolute Gasteiger partial charge is 0.435 e. The van der Waals surface area contributed by atoms with Crippen LogP contribution in [0.15, 0.2) is 41.5 Å². The number of aliphatic imine (C=N–C) groups is 1. The Morgan fingerprint density at radius 3 is 2.38 bits per heavy atom. The molecule has 0 bridgehead atoms. The lowest BCUT2D eigenvalue weighted by Crippen LogP contribution is -2.11. The highest BCUT2D eigenvalue weighted by atomic mass is 19.4. The molecular weight excluding hydrogens is 281 g/mol. The summed E-state index contributed by atoms with van der Waals surface area (Å²) in [7, 11) is 3.50. The van der Waals surface area contributed by atoms with Crippen molar-refractivity contribution in [2.75, 3.05) is 14.1 Å². The number of hydrogen-bond acceptors (Lipinski definition) is 3. The van der Waals surface area contributed by atoms with Crippen LogP contribution in [-0.2, 0) is 6.18 Å². The highest BCUT2D eigenvalue weighted by molar-refractivity contribution is 5.65. The fraction of sp³-hybridized carbons (Fsp3) is 0.214. The van der Waals surface area contributed by atoms with E-state index in [1.165, 1.54) is 6.34 Å². The van der Waals surface area contributed by atoms with Crippen LogP contribution >= 0.6 is 0 Å². The van der Waals surface area contributed by atoms with E-state index in [-0.39, 0.29) is 11.5 Å². The Morgan fingerprint density at radius 1 is 1.14 bits per heavy atom. The summed E-state index contributed by atoms with van der Waals surface area (Å²) in [5, 5.41) is 0. The molecule has 0 radical (unpaired) electrons. The van der Waals surface area contributed by atoms with E-state index in [9.17, 15) is 13.2 Å². The Bertz CT molecular complexity index is 636. The summed E-state index contributed by atoms with van der Waals surface area (Å²) in [6.07, 6.45) is -2.11. The van der Waals surface area contributed by atoms with Gasteiger partial charge in [-0.25, -0.2) is 15.0 Å². The minimum atomic E-state index is -4.57. The third-order valence-electron chi connectivity index (χ3n) is 2.50. The van der Waals surface area contributed by atoms with Crippen LogP contribution in [0.25, 0.3) is 11.3 Å². The predicted octanol–water partition coefficient (Wildman–Crippen LogP) is 3.38. The first-order valence-electron chi connectivity index (χ1n) is 6.08. The van der Waals surface area contributed by atoms with E-state index in [4.69, 9.17) is 0 Å². The minimum Gasteiger partial charge on any atom is -0.369 e. The highest BCUT2D eigenvalue weighted by Crippen LogP contribution is 2.35.